The molecular formula is C25H25FN5O2+. The van der Waals surface area contributed by atoms with Gasteiger partial charge in [-0.15, -0.1) is 0 Å². The molecule has 33 heavy (non-hydrogen) atoms. The highest BCUT2D eigenvalue weighted by Gasteiger charge is 2.29. The molecule has 1 amide bonds. The molecule has 1 aromatic heterocycles. The van der Waals surface area contributed by atoms with Gasteiger partial charge in [-0.05, 0) is 42.8 Å². The van der Waals surface area contributed by atoms with E-state index < -0.39 is 11.7 Å². The van der Waals surface area contributed by atoms with Crippen LogP contribution in [0.4, 0.5) is 10.2 Å². The third kappa shape index (κ3) is 5.48. The van der Waals surface area contributed by atoms with Gasteiger partial charge in [0.2, 0.25) is 5.82 Å². The predicted octanol–water partition coefficient (Wildman–Crippen LogP) is 3.35. The largest absolute Gasteiger partial charge is 0.457 e. The zero-order chi connectivity index (χ0) is 23.2. The number of halogens is 1. The number of para-hydroxylation sites is 1. The van der Waals surface area contributed by atoms with E-state index in [1.807, 2.05) is 59.9 Å². The maximum absolute atomic E-state index is 13.3. The molecule has 1 aliphatic heterocycles. The number of carbonyl (C=O) groups excluding carboxylic acids is 1. The maximum atomic E-state index is 13.3. The molecule has 0 radical (unpaired) electrons. The van der Waals surface area contributed by atoms with E-state index in [1.165, 1.54) is 11.2 Å². The molecule has 168 valence electrons. The van der Waals surface area contributed by atoms with E-state index in [0.29, 0.717) is 35.8 Å². The number of carbonyl (C=O) groups is 1. The fourth-order valence-corrected chi connectivity index (χ4v) is 3.86. The van der Waals surface area contributed by atoms with Crippen LogP contribution in [0.2, 0.25) is 0 Å². The molecule has 0 saturated carbocycles. The zero-order valence-corrected chi connectivity index (χ0v) is 18.1. The minimum absolute atomic E-state index is 0.00477. The monoisotopic (exact) mass is 446 g/mol. The van der Waals surface area contributed by atoms with Gasteiger partial charge in [-0.3, -0.25) is 15.5 Å². The van der Waals surface area contributed by atoms with Crippen LogP contribution in [0.15, 0.2) is 79.5 Å². The quantitative estimate of drug-likeness (QED) is 0.430. The molecular weight excluding hydrogens is 421 g/mol. The highest BCUT2D eigenvalue weighted by molar-refractivity contribution is 6.12. The molecule has 7 nitrogen and oxygen atoms in total. The Morgan fingerprint density at radius 3 is 2.61 bits per heavy atom. The first-order chi connectivity index (χ1) is 16.0. The van der Waals surface area contributed by atoms with Gasteiger partial charge >= 0.3 is 0 Å². The van der Waals surface area contributed by atoms with E-state index in [9.17, 15) is 9.18 Å². The van der Waals surface area contributed by atoms with Gasteiger partial charge in [0.05, 0.1) is 12.3 Å². The topological polar surface area (TPSA) is 95.8 Å². The number of nitrogens with one attached hydrogen (secondary N) is 1. The van der Waals surface area contributed by atoms with Crippen molar-refractivity contribution in [2.24, 2.45) is 0 Å². The first kappa shape index (κ1) is 22.3. The second kappa shape index (κ2) is 10.1. The summed E-state index contributed by atoms with van der Waals surface area (Å²) in [7, 11) is 0. The van der Waals surface area contributed by atoms with Crippen LogP contribution in [0.3, 0.4) is 0 Å². The molecule has 1 atom stereocenters. The van der Waals surface area contributed by atoms with Gasteiger partial charge in [0.25, 0.3) is 5.91 Å². The van der Waals surface area contributed by atoms with Crippen molar-refractivity contribution in [2.75, 3.05) is 13.1 Å². The van der Waals surface area contributed by atoms with Gasteiger partial charge in [0.15, 0.2) is 5.83 Å². The Morgan fingerprint density at radius 2 is 1.88 bits per heavy atom. The lowest BCUT2D eigenvalue weighted by atomic mass is 10.0. The Bertz CT molecular complexity index is 1150. The Morgan fingerprint density at radius 1 is 1.15 bits per heavy atom. The molecule has 3 N–H and O–H groups in total. The van der Waals surface area contributed by atoms with Gasteiger partial charge in [-0.2, -0.15) is 4.98 Å². The summed E-state index contributed by atoms with van der Waals surface area (Å²) in [6, 6.07) is 16.8. The third-order valence-corrected chi connectivity index (χ3v) is 5.50. The van der Waals surface area contributed by atoms with Gasteiger partial charge < -0.3 is 9.64 Å². The van der Waals surface area contributed by atoms with Gasteiger partial charge in [-0.1, -0.05) is 24.8 Å². The number of amides is 1. The van der Waals surface area contributed by atoms with Crippen molar-refractivity contribution in [3.63, 3.8) is 0 Å². The molecule has 4 rings (SSSR count). The second-order valence-corrected chi connectivity index (χ2v) is 7.86. The van der Waals surface area contributed by atoms with Crippen molar-refractivity contribution in [2.45, 2.75) is 18.9 Å². The van der Waals surface area contributed by atoms with Crippen LogP contribution >= 0.6 is 0 Å². The third-order valence-electron chi connectivity index (χ3n) is 5.50. The van der Waals surface area contributed by atoms with E-state index in [2.05, 4.69) is 16.5 Å². The molecule has 0 spiro atoms. The van der Waals surface area contributed by atoms with E-state index in [0.717, 1.165) is 18.6 Å². The van der Waals surface area contributed by atoms with Gasteiger partial charge in [-0.25, -0.2) is 9.37 Å². The SMILES string of the molecule is C=C(F)C(=O)N1CCCC([NH2+]c2ncncc2C(=N)c2ccc(Oc3ccccc3)cc2)C1. The van der Waals surface area contributed by atoms with Crippen LogP contribution in [0.5, 0.6) is 11.5 Å². The van der Waals surface area contributed by atoms with Crippen molar-refractivity contribution < 1.29 is 19.2 Å². The summed E-state index contributed by atoms with van der Waals surface area (Å²) in [6.45, 7) is 4.02. The minimum atomic E-state index is -0.945. The van der Waals surface area contributed by atoms with Crippen LogP contribution in [0.1, 0.15) is 24.0 Å². The standard InChI is InChI=1S/C25H24FN5O2/c1-17(26)25(32)31-13-5-6-19(15-31)30-24-22(14-28-16-29-24)23(27)18-9-11-21(12-10-18)33-20-7-3-2-4-8-20/h2-4,7-12,14,16,19,27H,1,5-6,13,15H2,(H,28,29,30)/p+1. The second-order valence-electron chi connectivity index (χ2n) is 7.86. The van der Waals surface area contributed by atoms with Gasteiger partial charge in [0, 0.05) is 24.7 Å². The van der Waals surface area contributed by atoms with E-state index in [4.69, 9.17) is 10.1 Å². The first-order valence-electron chi connectivity index (χ1n) is 10.7. The Hall–Kier alpha value is -3.91. The summed E-state index contributed by atoms with van der Waals surface area (Å²) in [6.07, 6.45) is 4.67. The summed E-state index contributed by atoms with van der Waals surface area (Å²) in [5.74, 6) is 0.430. The van der Waals surface area contributed by atoms with Crippen molar-refractivity contribution in [1.29, 1.82) is 5.41 Å². The number of quaternary nitrogens is 1. The number of hydrogen-bond donors (Lipinski definition) is 2. The fourth-order valence-electron chi connectivity index (χ4n) is 3.86. The van der Waals surface area contributed by atoms with Crippen LogP contribution in [-0.2, 0) is 4.79 Å². The van der Waals surface area contributed by atoms with Crippen LogP contribution in [-0.4, -0.2) is 45.6 Å². The molecule has 2 heterocycles. The van der Waals surface area contributed by atoms with Crippen LogP contribution in [0, 0.1) is 5.41 Å². The van der Waals surface area contributed by atoms with Crippen molar-refractivity contribution >= 4 is 17.4 Å². The molecule has 8 heteroatoms. The number of rotatable bonds is 7. The number of aromatic nitrogens is 2. The zero-order valence-electron chi connectivity index (χ0n) is 18.1. The van der Waals surface area contributed by atoms with Crippen molar-refractivity contribution in [3.8, 4) is 11.5 Å². The van der Waals surface area contributed by atoms with E-state index in [-0.39, 0.29) is 11.8 Å². The molecule has 2 aromatic carbocycles. The molecule has 1 unspecified atom stereocenters. The van der Waals surface area contributed by atoms with Gasteiger partial charge in [0.1, 0.15) is 29.4 Å². The average Bonchev–Trinajstić information content (AvgIpc) is 2.85. The highest BCUT2D eigenvalue weighted by atomic mass is 19.1. The molecule has 0 bridgehead atoms. The summed E-state index contributed by atoms with van der Waals surface area (Å²) in [5.41, 5.74) is 1.58. The average molecular weight is 447 g/mol. The normalized spacial score (nSPS) is 15.7. The lowest BCUT2D eigenvalue weighted by molar-refractivity contribution is -0.616. The number of benzene rings is 2. The molecule has 3 aromatic rings. The summed E-state index contributed by atoms with van der Waals surface area (Å²) >= 11 is 0. The van der Waals surface area contributed by atoms with E-state index >= 15 is 0 Å². The lowest BCUT2D eigenvalue weighted by Crippen LogP contribution is -2.88. The Labute approximate surface area is 191 Å². The van der Waals surface area contributed by atoms with Crippen LogP contribution in [0.25, 0.3) is 0 Å². The smallest absolute Gasteiger partial charge is 0.282 e. The fraction of sp³-hybridized carbons (Fsp3) is 0.200. The highest BCUT2D eigenvalue weighted by Crippen LogP contribution is 2.22. The summed E-state index contributed by atoms with van der Waals surface area (Å²) in [4.78, 5) is 21.9. The van der Waals surface area contributed by atoms with Crippen molar-refractivity contribution in [3.05, 3.63) is 90.7 Å². The maximum Gasteiger partial charge on any atom is 0.282 e. The molecule has 1 aliphatic rings. The Kier molecular flexibility index (Phi) is 6.85. The first-order valence-corrected chi connectivity index (χ1v) is 10.7. The summed E-state index contributed by atoms with van der Waals surface area (Å²) in [5, 5.41) is 10.7. The summed E-state index contributed by atoms with van der Waals surface area (Å²) < 4.78 is 19.1. The van der Waals surface area contributed by atoms with Crippen molar-refractivity contribution in [1.82, 2.24) is 14.9 Å². The van der Waals surface area contributed by atoms with Crippen LogP contribution < -0.4 is 10.1 Å². The Balaban J connectivity index is 1.47. The molecule has 1 fully saturated rings. The number of nitrogens with zero attached hydrogens (tertiary/aromatic N) is 3. The predicted molar refractivity (Wildman–Crippen MR) is 122 cm³/mol. The lowest BCUT2D eigenvalue weighted by Gasteiger charge is -2.30. The number of piperidine rings is 1. The number of hydrogen-bond acceptors (Lipinski definition) is 5. The number of ether oxygens (including phenoxy) is 1. The molecule has 0 aliphatic carbocycles. The number of nitrogens with two attached hydrogens (primary N) is 1. The van der Waals surface area contributed by atoms with E-state index in [1.54, 1.807) is 6.20 Å². The number of likely N-dealkylation sites (tertiary alicyclic amines) is 1. The molecule has 1 saturated heterocycles. The minimum Gasteiger partial charge on any atom is -0.457 e.